The molecule has 0 aliphatic heterocycles. The molecule has 0 spiro atoms. The quantitative estimate of drug-likeness (QED) is 0.727. The maximum absolute atomic E-state index is 13.1. The molecular weight excluding hydrogens is 381 g/mol. The summed E-state index contributed by atoms with van der Waals surface area (Å²) in [4.78, 5) is 24.9. The Labute approximate surface area is 168 Å². The second-order valence-corrected chi connectivity index (χ2v) is 7.26. The molecule has 0 aromatic heterocycles. The van der Waals surface area contributed by atoms with Crippen LogP contribution in [0.2, 0.25) is 0 Å². The number of carbonyl (C=O) groups is 2. The van der Waals surface area contributed by atoms with Gasteiger partial charge in [-0.25, -0.2) is 0 Å². The summed E-state index contributed by atoms with van der Waals surface area (Å²) in [5.41, 5.74) is 0.861. The van der Waals surface area contributed by atoms with E-state index in [1.54, 1.807) is 38.1 Å². The van der Waals surface area contributed by atoms with Crippen LogP contribution in [0.1, 0.15) is 40.9 Å². The molecule has 2 aromatic carbocycles. The second-order valence-electron chi connectivity index (χ2n) is 7.26. The van der Waals surface area contributed by atoms with Crippen LogP contribution >= 0.6 is 0 Å². The number of aryl methyl sites for hydroxylation is 1. The summed E-state index contributed by atoms with van der Waals surface area (Å²) in [6, 6.07) is 11.5. The highest BCUT2D eigenvalue weighted by Gasteiger charge is 2.32. The van der Waals surface area contributed by atoms with Gasteiger partial charge in [-0.15, -0.1) is 0 Å². The molecule has 4 nitrogen and oxygen atoms in total. The van der Waals surface area contributed by atoms with Gasteiger partial charge in [-0.1, -0.05) is 49.7 Å². The normalized spacial score (nSPS) is 12.5. The fourth-order valence-corrected chi connectivity index (χ4v) is 2.91. The summed E-state index contributed by atoms with van der Waals surface area (Å²) in [6.45, 7) is 5.52. The number of rotatable bonds is 7. The van der Waals surface area contributed by atoms with Gasteiger partial charge in [0.2, 0.25) is 5.91 Å². The van der Waals surface area contributed by atoms with E-state index < -0.39 is 23.7 Å². The third-order valence-electron chi connectivity index (χ3n) is 4.57. The number of carbonyl (C=O) groups excluding carboxylic acids is 2. The van der Waals surface area contributed by atoms with Crippen LogP contribution in [-0.4, -0.2) is 24.4 Å². The number of alkyl halides is 3. The van der Waals surface area contributed by atoms with Gasteiger partial charge in [-0.2, -0.15) is 13.2 Å². The summed E-state index contributed by atoms with van der Waals surface area (Å²) in [7, 11) is 0. The molecule has 2 amide bonds. The first kappa shape index (κ1) is 22.5. The number of benzene rings is 2. The molecule has 1 atom stereocenters. The zero-order chi connectivity index (χ0) is 21.6. The molecule has 2 N–H and O–H groups in total. The van der Waals surface area contributed by atoms with Crippen LogP contribution in [0.15, 0.2) is 48.5 Å². The van der Waals surface area contributed by atoms with Crippen LogP contribution in [0.3, 0.4) is 0 Å². The molecule has 2 rings (SSSR count). The van der Waals surface area contributed by atoms with E-state index in [9.17, 15) is 22.8 Å². The number of halogens is 3. The molecule has 0 aliphatic rings. The van der Waals surface area contributed by atoms with E-state index >= 15 is 0 Å². The fraction of sp³-hybridized carbons (Fsp3) is 0.364. The van der Waals surface area contributed by atoms with Crippen molar-refractivity contribution in [2.24, 2.45) is 5.92 Å². The van der Waals surface area contributed by atoms with Crippen LogP contribution in [-0.2, 0) is 17.4 Å². The van der Waals surface area contributed by atoms with Gasteiger partial charge < -0.3 is 10.6 Å². The van der Waals surface area contributed by atoms with Crippen molar-refractivity contribution >= 4 is 11.8 Å². The maximum atomic E-state index is 13.1. The Morgan fingerprint density at radius 3 is 2.21 bits per heavy atom. The molecule has 0 saturated heterocycles. The zero-order valence-corrected chi connectivity index (χ0v) is 16.6. The predicted octanol–water partition coefficient (Wildman–Crippen LogP) is 4.13. The van der Waals surface area contributed by atoms with E-state index in [1.807, 2.05) is 6.92 Å². The van der Waals surface area contributed by atoms with Gasteiger partial charge in [0, 0.05) is 12.1 Å². The zero-order valence-electron chi connectivity index (χ0n) is 16.6. The summed E-state index contributed by atoms with van der Waals surface area (Å²) < 4.78 is 39.2. The van der Waals surface area contributed by atoms with E-state index in [-0.39, 0.29) is 30.4 Å². The number of hydrogen-bond donors (Lipinski definition) is 2. The molecule has 7 heteroatoms. The summed E-state index contributed by atoms with van der Waals surface area (Å²) >= 11 is 0. The second kappa shape index (κ2) is 9.58. The van der Waals surface area contributed by atoms with Crippen LogP contribution in [0.25, 0.3) is 0 Å². The highest BCUT2D eigenvalue weighted by molar-refractivity contribution is 5.97. The third-order valence-corrected chi connectivity index (χ3v) is 4.57. The Hall–Kier alpha value is -2.83. The largest absolute Gasteiger partial charge is 0.416 e. The lowest BCUT2D eigenvalue weighted by Gasteiger charge is -2.22. The Morgan fingerprint density at radius 2 is 1.62 bits per heavy atom. The van der Waals surface area contributed by atoms with Gasteiger partial charge in [0.15, 0.2) is 0 Å². The van der Waals surface area contributed by atoms with Crippen molar-refractivity contribution in [3.8, 4) is 0 Å². The average Bonchev–Trinajstić information content (AvgIpc) is 2.65. The molecule has 0 radical (unpaired) electrons. The van der Waals surface area contributed by atoms with Crippen molar-refractivity contribution in [3.05, 3.63) is 70.8 Å². The maximum Gasteiger partial charge on any atom is 0.416 e. The predicted molar refractivity (Wildman–Crippen MR) is 105 cm³/mol. The summed E-state index contributed by atoms with van der Waals surface area (Å²) in [5, 5.41) is 5.34. The highest BCUT2D eigenvalue weighted by atomic mass is 19.4. The van der Waals surface area contributed by atoms with Gasteiger partial charge in [-0.3, -0.25) is 9.59 Å². The molecule has 156 valence electrons. The van der Waals surface area contributed by atoms with Gasteiger partial charge in [-0.05, 0) is 43.0 Å². The van der Waals surface area contributed by atoms with Crippen LogP contribution in [0.4, 0.5) is 13.2 Å². The molecule has 2 aromatic rings. The average molecular weight is 406 g/mol. The number of amides is 2. The van der Waals surface area contributed by atoms with Crippen LogP contribution in [0.5, 0.6) is 0 Å². The van der Waals surface area contributed by atoms with Crippen molar-refractivity contribution < 1.29 is 22.8 Å². The third kappa shape index (κ3) is 6.34. The van der Waals surface area contributed by atoms with Gasteiger partial charge in [0.05, 0.1) is 5.56 Å². The SMILES string of the molecule is Cc1ccc(C(=O)NC(C(=O)NCCc2ccccc2C(F)(F)F)C(C)C)cc1. The van der Waals surface area contributed by atoms with Crippen LogP contribution < -0.4 is 10.6 Å². The first-order chi connectivity index (χ1) is 13.6. The van der Waals surface area contributed by atoms with Gasteiger partial charge in [0.1, 0.15) is 6.04 Å². The Morgan fingerprint density at radius 1 is 1.00 bits per heavy atom. The van der Waals surface area contributed by atoms with Crippen molar-refractivity contribution in [3.63, 3.8) is 0 Å². The first-order valence-corrected chi connectivity index (χ1v) is 9.40. The van der Waals surface area contributed by atoms with Gasteiger partial charge in [0.25, 0.3) is 5.91 Å². The van der Waals surface area contributed by atoms with Crippen LogP contribution in [0, 0.1) is 12.8 Å². The van der Waals surface area contributed by atoms with Crippen molar-refractivity contribution in [1.82, 2.24) is 10.6 Å². The number of hydrogen-bond acceptors (Lipinski definition) is 2. The Balaban J connectivity index is 1.98. The first-order valence-electron chi connectivity index (χ1n) is 9.40. The molecule has 0 bridgehead atoms. The monoisotopic (exact) mass is 406 g/mol. The molecule has 0 aliphatic carbocycles. The molecule has 29 heavy (non-hydrogen) atoms. The van der Waals surface area contributed by atoms with Crippen molar-refractivity contribution in [2.75, 3.05) is 6.54 Å². The fourth-order valence-electron chi connectivity index (χ4n) is 2.91. The van der Waals surface area contributed by atoms with Crippen molar-refractivity contribution in [2.45, 2.75) is 39.4 Å². The van der Waals surface area contributed by atoms with E-state index in [0.29, 0.717) is 5.56 Å². The lowest BCUT2D eigenvalue weighted by molar-refractivity contribution is -0.138. The van der Waals surface area contributed by atoms with Gasteiger partial charge >= 0.3 is 6.18 Å². The van der Waals surface area contributed by atoms with E-state index in [0.717, 1.165) is 11.6 Å². The standard InChI is InChI=1S/C22H25F3N2O2/c1-14(2)19(27-20(28)17-10-8-15(3)9-11-17)21(29)26-13-12-16-6-4-5-7-18(16)22(23,24)25/h4-11,14,19H,12-13H2,1-3H3,(H,26,29)(H,27,28). The molecule has 1 unspecified atom stereocenters. The topological polar surface area (TPSA) is 58.2 Å². The van der Waals surface area contributed by atoms with E-state index in [1.165, 1.54) is 18.2 Å². The minimum Gasteiger partial charge on any atom is -0.354 e. The highest BCUT2D eigenvalue weighted by Crippen LogP contribution is 2.31. The van der Waals surface area contributed by atoms with Crippen molar-refractivity contribution in [1.29, 1.82) is 0 Å². The molecule has 0 heterocycles. The number of nitrogens with one attached hydrogen (secondary N) is 2. The summed E-state index contributed by atoms with van der Waals surface area (Å²) in [5.74, 6) is -0.988. The smallest absolute Gasteiger partial charge is 0.354 e. The van der Waals surface area contributed by atoms with E-state index in [2.05, 4.69) is 10.6 Å². The Bertz CT molecular complexity index is 846. The summed E-state index contributed by atoms with van der Waals surface area (Å²) in [6.07, 6.45) is -4.40. The lowest BCUT2D eigenvalue weighted by Crippen LogP contribution is -2.50. The minimum absolute atomic E-state index is 0.0373. The molecule has 0 fully saturated rings. The molecular formula is C22H25F3N2O2. The Kier molecular flexibility index (Phi) is 7.42. The minimum atomic E-state index is -4.44. The van der Waals surface area contributed by atoms with E-state index in [4.69, 9.17) is 0 Å². The lowest BCUT2D eigenvalue weighted by atomic mass is 10.0. The molecule has 0 saturated carbocycles.